The maximum absolute atomic E-state index is 11.7. The summed E-state index contributed by atoms with van der Waals surface area (Å²) in [6, 6.07) is 7.90. The molecule has 2 saturated heterocycles. The molecular weight excluding hydrogens is 306 g/mol. The highest BCUT2D eigenvalue weighted by atomic mass is 16.5. The van der Waals surface area contributed by atoms with Crippen LogP contribution in [0.15, 0.2) is 30.3 Å². The molecule has 0 radical (unpaired) electrons. The van der Waals surface area contributed by atoms with Gasteiger partial charge >= 0.3 is 5.97 Å². The molecule has 0 amide bonds. The van der Waals surface area contributed by atoms with E-state index in [2.05, 4.69) is 17.1 Å². The highest BCUT2D eigenvalue weighted by Crippen LogP contribution is 2.44. The van der Waals surface area contributed by atoms with Crippen LogP contribution >= 0.6 is 0 Å². The lowest BCUT2D eigenvalue weighted by molar-refractivity contribution is -0.146. The van der Waals surface area contributed by atoms with E-state index in [1.54, 1.807) is 7.11 Å². The second-order valence-corrected chi connectivity index (χ2v) is 6.74. The molecule has 24 heavy (non-hydrogen) atoms. The van der Waals surface area contributed by atoms with Crippen molar-refractivity contribution in [3.05, 3.63) is 35.9 Å². The van der Waals surface area contributed by atoms with Crippen molar-refractivity contribution in [2.24, 2.45) is 11.3 Å². The van der Waals surface area contributed by atoms with Crippen LogP contribution in [-0.2, 0) is 9.53 Å². The number of carboxylic acid groups (broad SMARTS) is 1. The molecule has 0 bridgehead atoms. The zero-order valence-electron chi connectivity index (χ0n) is 14.1. The molecule has 1 atom stereocenters. The fourth-order valence-corrected chi connectivity index (χ4v) is 3.89. The van der Waals surface area contributed by atoms with Crippen molar-refractivity contribution >= 4 is 12.0 Å². The van der Waals surface area contributed by atoms with E-state index in [-0.39, 0.29) is 11.3 Å². The number of nitrogens with zero attached hydrogens (tertiary/aromatic N) is 1. The molecule has 130 valence electrons. The van der Waals surface area contributed by atoms with E-state index in [1.807, 2.05) is 24.3 Å². The molecule has 5 heteroatoms. The molecule has 2 aliphatic rings. The van der Waals surface area contributed by atoms with Crippen LogP contribution < -0.4 is 4.74 Å². The summed E-state index contributed by atoms with van der Waals surface area (Å²) >= 11 is 0. The summed E-state index contributed by atoms with van der Waals surface area (Å²) in [6.07, 6.45) is 5.88. The quantitative estimate of drug-likeness (QED) is 0.898. The lowest BCUT2D eigenvalue weighted by atomic mass is 9.72. The third-order valence-electron chi connectivity index (χ3n) is 5.29. The Kier molecular flexibility index (Phi) is 5.21. The largest absolute Gasteiger partial charge is 0.497 e. The van der Waals surface area contributed by atoms with E-state index in [0.29, 0.717) is 19.8 Å². The van der Waals surface area contributed by atoms with Crippen LogP contribution in [-0.4, -0.2) is 55.9 Å². The SMILES string of the molecule is COc1ccc(C=CCN2CC(C(=O)O)C3(CCOCC3)C2)cc1. The van der Waals surface area contributed by atoms with Crippen molar-refractivity contribution in [2.75, 3.05) is 40.0 Å². The zero-order chi connectivity index (χ0) is 17.0. The molecule has 1 spiro atoms. The molecule has 2 aliphatic heterocycles. The van der Waals surface area contributed by atoms with E-state index in [0.717, 1.165) is 37.2 Å². The average molecular weight is 331 g/mol. The fourth-order valence-electron chi connectivity index (χ4n) is 3.89. The summed E-state index contributed by atoms with van der Waals surface area (Å²) in [5.41, 5.74) is 1.00. The smallest absolute Gasteiger partial charge is 0.308 e. The van der Waals surface area contributed by atoms with Gasteiger partial charge in [-0.05, 0) is 30.5 Å². The van der Waals surface area contributed by atoms with Gasteiger partial charge in [0.25, 0.3) is 0 Å². The molecule has 3 rings (SSSR count). The van der Waals surface area contributed by atoms with E-state index in [4.69, 9.17) is 9.47 Å². The first-order chi connectivity index (χ1) is 11.6. The molecule has 2 fully saturated rings. The molecule has 1 unspecified atom stereocenters. The summed E-state index contributed by atoms with van der Waals surface area (Å²) in [5.74, 6) is -0.105. The normalized spacial score (nSPS) is 23.8. The van der Waals surface area contributed by atoms with Gasteiger partial charge in [-0.3, -0.25) is 9.69 Å². The Morgan fingerprint density at radius 3 is 2.71 bits per heavy atom. The first kappa shape index (κ1) is 17.0. The number of hydrogen-bond acceptors (Lipinski definition) is 4. The molecule has 1 aromatic carbocycles. The highest BCUT2D eigenvalue weighted by molar-refractivity contribution is 5.72. The van der Waals surface area contributed by atoms with Crippen LogP contribution in [0.1, 0.15) is 18.4 Å². The summed E-state index contributed by atoms with van der Waals surface area (Å²) in [4.78, 5) is 13.9. The van der Waals surface area contributed by atoms with Gasteiger partial charge < -0.3 is 14.6 Å². The summed E-state index contributed by atoms with van der Waals surface area (Å²) in [6.45, 7) is 3.61. The molecule has 2 heterocycles. The van der Waals surface area contributed by atoms with Crippen molar-refractivity contribution in [3.63, 3.8) is 0 Å². The minimum Gasteiger partial charge on any atom is -0.497 e. The Labute approximate surface area is 142 Å². The van der Waals surface area contributed by atoms with Crippen LogP contribution in [0.5, 0.6) is 5.75 Å². The van der Waals surface area contributed by atoms with Crippen molar-refractivity contribution in [1.29, 1.82) is 0 Å². The highest BCUT2D eigenvalue weighted by Gasteiger charge is 2.50. The maximum atomic E-state index is 11.7. The van der Waals surface area contributed by atoms with Gasteiger partial charge in [-0.2, -0.15) is 0 Å². The van der Waals surface area contributed by atoms with Gasteiger partial charge in [-0.1, -0.05) is 24.3 Å². The van der Waals surface area contributed by atoms with E-state index in [1.165, 1.54) is 0 Å². The van der Waals surface area contributed by atoms with Gasteiger partial charge in [-0.25, -0.2) is 0 Å². The molecule has 0 saturated carbocycles. The molecule has 1 aromatic rings. The third kappa shape index (κ3) is 3.62. The van der Waals surface area contributed by atoms with Crippen molar-refractivity contribution in [1.82, 2.24) is 4.90 Å². The van der Waals surface area contributed by atoms with Crippen molar-refractivity contribution in [3.8, 4) is 5.75 Å². The Morgan fingerprint density at radius 2 is 2.08 bits per heavy atom. The topological polar surface area (TPSA) is 59.0 Å². The summed E-state index contributed by atoms with van der Waals surface area (Å²) in [5, 5.41) is 9.60. The second kappa shape index (κ2) is 7.36. The number of benzene rings is 1. The van der Waals surface area contributed by atoms with Crippen LogP contribution in [0.3, 0.4) is 0 Å². The Morgan fingerprint density at radius 1 is 1.38 bits per heavy atom. The number of hydrogen-bond donors (Lipinski definition) is 1. The van der Waals surface area contributed by atoms with Gasteiger partial charge in [0, 0.05) is 38.3 Å². The summed E-state index contributed by atoms with van der Waals surface area (Å²) in [7, 11) is 1.66. The van der Waals surface area contributed by atoms with Crippen LogP contribution in [0, 0.1) is 11.3 Å². The van der Waals surface area contributed by atoms with Gasteiger partial charge in [0.15, 0.2) is 0 Å². The number of methoxy groups -OCH3 is 1. The fraction of sp³-hybridized carbons (Fsp3) is 0.526. The molecule has 0 aliphatic carbocycles. The monoisotopic (exact) mass is 331 g/mol. The van der Waals surface area contributed by atoms with Gasteiger partial charge in [0.1, 0.15) is 5.75 Å². The lowest BCUT2D eigenvalue weighted by Gasteiger charge is -2.36. The van der Waals surface area contributed by atoms with E-state index < -0.39 is 5.97 Å². The first-order valence-corrected chi connectivity index (χ1v) is 8.46. The third-order valence-corrected chi connectivity index (χ3v) is 5.29. The number of aliphatic carboxylic acids is 1. The minimum atomic E-state index is -0.668. The number of rotatable bonds is 5. The van der Waals surface area contributed by atoms with Crippen LogP contribution in [0.2, 0.25) is 0 Å². The van der Waals surface area contributed by atoms with Crippen LogP contribution in [0.4, 0.5) is 0 Å². The van der Waals surface area contributed by atoms with Gasteiger partial charge in [0.05, 0.1) is 13.0 Å². The number of carbonyl (C=O) groups is 1. The van der Waals surface area contributed by atoms with Crippen molar-refractivity contribution < 1.29 is 19.4 Å². The maximum Gasteiger partial charge on any atom is 0.308 e. The van der Waals surface area contributed by atoms with Gasteiger partial charge in [0.2, 0.25) is 0 Å². The first-order valence-electron chi connectivity index (χ1n) is 8.46. The standard InChI is InChI=1S/C19H25NO4/c1-23-16-6-4-15(5-7-16)3-2-10-20-13-17(18(21)22)19(14-20)8-11-24-12-9-19/h2-7,17H,8-14H2,1H3,(H,21,22). The Bertz CT molecular complexity index is 590. The predicted molar refractivity (Wildman–Crippen MR) is 92.1 cm³/mol. The number of likely N-dealkylation sites (tertiary alicyclic amines) is 1. The lowest BCUT2D eigenvalue weighted by Crippen LogP contribution is -2.40. The Balaban J connectivity index is 1.61. The second-order valence-electron chi connectivity index (χ2n) is 6.74. The van der Waals surface area contributed by atoms with Crippen molar-refractivity contribution in [2.45, 2.75) is 12.8 Å². The summed E-state index contributed by atoms with van der Waals surface area (Å²) < 4.78 is 10.6. The number of carboxylic acids is 1. The van der Waals surface area contributed by atoms with E-state index in [9.17, 15) is 9.90 Å². The number of ether oxygens (including phenoxy) is 2. The molecule has 0 aromatic heterocycles. The van der Waals surface area contributed by atoms with Crippen LogP contribution in [0.25, 0.3) is 6.08 Å². The Hall–Kier alpha value is -1.85. The predicted octanol–water partition coefficient (Wildman–Crippen LogP) is 2.52. The zero-order valence-corrected chi connectivity index (χ0v) is 14.1. The average Bonchev–Trinajstić information content (AvgIpc) is 2.94. The van der Waals surface area contributed by atoms with Gasteiger partial charge in [-0.15, -0.1) is 0 Å². The molecule has 5 nitrogen and oxygen atoms in total. The molecular formula is C19H25NO4. The minimum absolute atomic E-state index is 0.113. The molecule has 1 N–H and O–H groups in total. The van der Waals surface area contributed by atoms with E-state index >= 15 is 0 Å².